The number of Topliss-reactive ketones (excluding diaryl/α,β-unsaturated/α-hetero) is 1. The molecular weight excluding hydrogens is 282 g/mol. The molecule has 4 nitrogen and oxygen atoms in total. The molecule has 0 atom stereocenters. The van der Waals surface area contributed by atoms with Crippen LogP contribution in [0.25, 0.3) is 15.9 Å². The van der Waals surface area contributed by atoms with E-state index in [-0.39, 0.29) is 5.78 Å². The smallest absolute Gasteiger partial charge is 0.193 e. The minimum absolute atomic E-state index is 0.0688. The second kappa shape index (κ2) is 4.79. The van der Waals surface area contributed by atoms with Gasteiger partial charge in [0.1, 0.15) is 0 Å². The van der Waals surface area contributed by atoms with E-state index in [2.05, 4.69) is 9.97 Å². The summed E-state index contributed by atoms with van der Waals surface area (Å²) in [5.74, 6) is 0.0688. The topological polar surface area (TPSA) is 47.3 Å². The molecule has 0 saturated carbocycles. The molecule has 0 unspecified atom stereocenters. The highest BCUT2D eigenvalue weighted by molar-refractivity contribution is 7.15. The summed E-state index contributed by atoms with van der Waals surface area (Å²) in [5.41, 5.74) is 2.35. The number of hydrogen-bond donors (Lipinski definition) is 0. The molecule has 3 aromatic heterocycles. The van der Waals surface area contributed by atoms with Crippen molar-refractivity contribution in [2.75, 3.05) is 0 Å². The first-order chi connectivity index (χ1) is 10.3. The van der Waals surface area contributed by atoms with Gasteiger partial charge in [0.15, 0.2) is 10.7 Å². The fourth-order valence-electron chi connectivity index (χ4n) is 2.47. The molecule has 5 heteroatoms. The van der Waals surface area contributed by atoms with Crippen LogP contribution in [0.1, 0.15) is 16.1 Å². The van der Waals surface area contributed by atoms with Gasteiger partial charge in [0.2, 0.25) is 0 Å². The molecule has 4 rings (SSSR count). The summed E-state index contributed by atoms with van der Waals surface area (Å²) in [7, 11) is 0. The molecule has 0 radical (unpaired) electrons. The Bertz CT molecular complexity index is 920. The molecule has 0 saturated heterocycles. The SMILES string of the molecule is O=C(Cc1cn2ccsc2n1)c1cccc2ncccc12. The third-order valence-corrected chi connectivity index (χ3v) is 4.20. The number of rotatable bonds is 3. The van der Waals surface area contributed by atoms with Gasteiger partial charge < -0.3 is 0 Å². The zero-order valence-electron chi connectivity index (χ0n) is 11.1. The van der Waals surface area contributed by atoms with Gasteiger partial charge in [0.05, 0.1) is 17.6 Å². The molecule has 0 aliphatic carbocycles. The van der Waals surface area contributed by atoms with Gasteiger partial charge in [-0.3, -0.25) is 14.2 Å². The average molecular weight is 293 g/mol. The van der Waals surface area contributed by atoms with Crippen LogP contribution in [0.3, 0.4) is 0 Å². The number of hydrogen-bond acceptors (Lipinski definition) is 4. The molecule has 0 aliphatic rings. The van der Waals surface area contributed by atoms with Crippen molar-refractivity contribution in [3.05, 3.63) is 65.6 Å². The Morgan fingerprint density at radius 3 is 3.10 bits per heavy atom. The van der Waals surface area contributed by atoms with Crippen molar-refractivity contribution in [2.45, 2.75) is 6.42 Å². The number of fused-ring (bicyclic) bond motifs is 2. The summed E-state index contributed by atoms with van der Waals surface area (Å²) in [5, 5.41) is 2.87. The maximum absolute atomic E-state index is 12.6. The first-order valence-electron chi connectivity index (χ1n) is 6.59. The maximum Gasteiger partial charge on any atom is 0.193 e. The molecule has 102 valence electrons. The van der Waals surface area contributed by atoms with E-state index >= 15 is 0 Å². The Hall–Kier alpha value is -2.53. The highest BCUT2D eigenvalue weighted by atomic mass is 32.1. The summed E-state index contributed by atoms with van der Waals surface area (Å²) in [6.45, 7) is 0. The van der Waals surface area contributed by atoms with Gasteiger partial charge in [-0.15, -0.1) is 11.3 Å². The van der Waals surface area contributed by atoms with Crippen LogP contribution >= 0.6 is 11.3 Å². The van der Waals surface area contributed by atoms with Crippen molar-refractivity contribution in [1.82, 2.24) is 14.4 Å². The van der Waals surface area contributed by atoms with Gasteiger partial charge >= 0.3 is 0 Å². The molecule has 0 aliphatic heterocycles. The van der Waals surface area contributed by atoms with Crippen molar-refractivity contribution >= 4 is 33.0 Å². The third kappa shape index (κ3) is 2.11. The molecule has 1 aromatic carbocycles. The van der Waals surface area contributed by atoms with Gasteiger partial charge in [-0.1, -0.05) is 18.2 Å². The second-order valence-corrected chi connectivity index (χ2v) is 5.67. The van der Waals surface area contributed by atoms with E-state index < -0.39 is 0 Å². The standard InChI is InChI=1S/C16H11N3OS/c20-15(9-11-10-19-7-8-21-16(19)18-11)13-3-1-5-14-12(13)4-2-6-17-14/h1-8,10H,9H2. The first-order valence-corrected chi connectivity index (χ1v) is 7.47. The summed E-state index contributed by atoms with van der Waals surface area (Å²) in [6.07, 6.45) is 5.90. The Morgan fingerprint density at radius 2 is 2.19 bits per heavy atom. The van der Waals surface area contributed by atoms with Crippen molar-refractivity contribution in [3.8, 4) is 0 Å². The lowest BCUT2D eigenvalue weighted by Gasteiger charge is -2.03. The Labute approximate surface area is 124 Å². The van der Waals surface area contributed by atoms with Gasteiger partial charge in [-0.2, -0.15) is 0 Å². The number of aromatic nitrogens is 3. The highest BCUT2D eigenvalue weighted by Gasteiger charge is 2.13. The highest BCUT2D eigenvalue weighted by Crippen LogP contribution is 2.19. The van der Waals surface area contributed by atoms with Crippen molar-refractivity contribution in [2.24, 2.45) is 0 Å². The van der Waals surface area contributed by atoms with Crippen molar-refractivity contribution in [1.29, 1.82) is 0 Å². The zero-order chi connectivity index (χ0) is 14.2. The predicted molar refractivity (Wildman–Crippen MR) is 82.8 cm³/mol. The van der Waals surface area contributed by atoms with Crippen molar-refractivity contribution < 1.29 is 4.79 Å². The van der Waals surface area contributed by atoms with Crippen molar-refractivity contribution in [3.63, 3.8) is 0 Å². The number of carbonyl (C=O) groups excluding carboxylic acids is 1. The monoisotopic (exact) mass is 293 g/mol. The quantitative estimate of drug-likeness (QED) is 0.544. The Morgan fingerprint density at radius 1 is 1.24 bits per heavy atom. The summed E-state index contributed by atoms with van der Waals surface area (Å²) < 4.78 is 1.94. The second-order valence-electron chi connectivity index (χ2n) is 4.80. The van der Waals surface area contributed by atoms with Gasteiger partial charge in [-0.25, -0.2) is 4.98 Å². The van der Waals surface area contributed by atoms with Gasteiger partial charge in [0, 0.05) is 34.9 Å². The van der Waals surface area contributed by atoms with E-state index in [0.29, 0.717) is 12.0 Å². The van der Waals surface area contributed by atoms with Crippen LogP contribution in [0.15, 0.2) is 54.3 Å². The number of pyridine rings is 1. The number of imidazole rings is 1. The molecule has 3 heterocycles. The molecule has 0 spiro atoms. The van der Waals surface area contributed by atoms with Crippen LogP contribution in [0.2, 0.25) is 0 Å². The van der Waals surface area contributed by atoms with E-state index in [1.165, 1.54) is 0 Å². The minimum atomic E-state index is 0.0688. The molecule has 0 N–H and O–H groups in total. The predicted octanol–water partition coefficient (Wildman–Crippen LogP) is 3.37. The lowest BCUT2D eigenvalue weighted by molar-refractivity contribution is 0.0993. The van der Waals surface area contributed by atoms with Gasteiger partial charge in [0.25, 0.3) is 0 Å². The zero-order valence-corrected chi connectivity index (χ0v) is 11.9. The van der Waals surface area contributed by atoms with E-state index in [1.54, 1.807) is 17.5 Å². The largest absolute Gasteiger partial charge is 0.297 e. The molecule has 21 heavy (non-hydrogen) atoms. The van der Waals surface area contributed by atoms with Crippen LogP contribution in [-0.2, 0) is 6.42 Å². The molecule has 0 bridgehead atoms. The fourth-order valence-corrected chi connectivity index (χ4v) is 3.19. The van der Waals surface area contributed by atoms with Crippen LogP contribution < -0.4 is 0 Å². The summed E-state index contributed by atoms with van der Waals surface area (Å²) >= 11 is 1.56. The first kappa shape index (κ1) is 12.2. The molecule has 0 fully saturated rings. The third-order valence-electron chi connectivity index (χ3n) is 3.43. The minimum Gasteiger partial charge on any atom is -0.297 e. The lowest BCUT2D eigenvalue weighted by Crippen LogP contribution is -2.04. The van der Waals surface area contributed by atoms with Crippen LogP contribution in [0.5, 0.6) is 0 Å². The number of benzene rings is 1. The molecular formula is C16H11N3OS. The normalized spacial score (nSPS) is 11.2. The number of thiazole rings is 1. The lowest BCUT2D eigenvalue weighted by atomic mass is 10.0. The van der Waals surface area contributed by atoms with E-state index in [4.69, 9.17) is 0 Å². The van der Waals surface area contributed by atoms with E-state index in [1.807, 2.05) is 52.5 Å². The maximum atomic E-state index is 12.6. The van der Waals surface area contributed by atoms with Crippen LogP contribution in [0, 0.1) is 0 Å². The molecule has 0 amide bonds. The average Bonchev–Trinajstić information content (AvgIpc) is 3.07. The van der Waals surface area contributed by atoms with E-state index in [0.717, 1.165) is 21.6 Å². The van der Waals surface area contributed by atoms with E-state index in [9.17, 15) is 4.79 Å². The molecule has 4 aromatic rings. The summed E-state index contributed by atoms with van der Waals surface area (Å²) in [4.78, 5) is 22.2. The summed E-state index contributed by atoms with van der Waals surface area (Å²) in [6, 6.07) is 9.42. The Kier molecular flexibility index (Phi) is 2.79. The number of carbonyl (C=O) groups is 1. The van der Waals surface area contributed by atoms with Crippen LogP contribution in [-0.4, -0.2) is 20.2 Å². The number of ketones is 1. The number of nitrogens with zero attached hydrogens (tertiary/aromatic N) is 3. The van der Waals surface area contributed by atoms with Crippen LogP contribution in [0.4, 0.5) is 0 Å². The van der Waals surface area contributed by atoms with Gasteiger partial charge in [-0.05, 0) is 12.1 Å². The fraction of sp³-hybridized carbons (Fsp3) is 0.0625. The Balaban J connectivity index is 1.71.